The Morgan fingerprint density at radius 3 is 2.60 bits per heavy atom. The van der Waals surface area contributed by atoms with Gasteiger partial charge in [0.1, 0.15) is 11.3 Å². The number of aryl methyl sites for hydroxylation is 1. The molecule has 0 unspecified atom stereocenters. The number of methoxy groups -OCH3 is 2. The molecule has 0 saturated carbocycles. The van der Waals surface area contributed by atoms with Crippen LogP contribution in [0.1, 0.15) is 27.2 Å². The van der Waals surface area contributed by atoms with E-state index in [1.807, 2.05) is 6.92 Å². The summed E-state index contributed by atoms with van der Waals surface area (Å²) in [7, 11) is 2.62. The molecular formula is C16H17N3O6. The number of aromatic nitrogens is 2. The van der Waals surface area contributed by atoms with Gasteiger partial charge in [0, 0.05) is 23.4 Å². The Morgan fingerprint density at radius 1 is 1.36 bits per heavy atom. The maximum atomic E-state index is 12.5. The normalized spacial score (nSPS) is 10.4. The lowest BCUT2D eigenvalue weighted by Crippen LogP contribution is -2.28. The van der Waals surface area contributed by atoms with Crippen LogP contribution in [0.25, 0.3) is 0 Å². The molecule has 0 aliphatic heterocycles. The first-order valence-electron chi connectivity index (χ1n) is 7.26. The number of nitrogens with zero attached hydrogens (tertiary/aromatic N) is 3. The molecule has 9 heteroatoms. The molecule has 2 aromatic heterocycles. The Labute approximate surface area is 143 Å². The summed E-state index contributed by atoms with van der Waals surface area (Å²) in [6.07, 6.45) is 2.66. The minimum absolute atomic E-state index is 0.0486. The van der Waals surface area contributed by atoms with Crippen LogP contribution in [0.4, 0.5) is 5.69 Å². The lowest BCUT2D eigenvalue weighted by molar-refractivity contribution is -0.385. The molecule has 0 N–H and O–H groups in total. The highest BCUT2D eigenvalue weighted by Crippen LogP contribution is 2.24. The number of nitro groups is 1. The van der Waals surface area contributed by atoms with Gasteiger partial charge in [-0.25, -0.2) is 4.79 Å². The molecule has 0 spiro atoms. The molecule has 0 atom stereocenters. The van der Waals surface area contributed by atoms with Gasteiger partial charge in [-0.1, -0.05) is 0 Å². The van der Waals surface area contributed by atoms with Crippen molar-refractivity contribution in [1.29, 1.82) is 0 Å². The van der Waals surface area contributed by atoms with Crippen molar-refractivity contribution < 1.29 is 19.2 Å². The molecule has 0 radical (unpaired) electrons. The van der Waals surface area contributed by atoms with Crippen molar-refractivity contribution in [2.75, 3.05) is 14.2 Å². The highest BCUT2D eigenvalue weighted by atomic mass is 16.6. The van der Waals surface area contributed by atoms with Gasteiger partial charge in [0.15, 0.2) is 0 Å². The zero-order valence-electron chi connectivity index (χ0n) is 14.2. The highest BCUT2D eigenvalue weighted by Gasteiger charge is 2.21. The molecule has 0 aromatic carbocycles. The van der Waals surface area contributed by atoms with E-state index in [0.29, 0.717) is 17.0 Å². The maximum absolute atomic E-state index is 12.5. The second-order valence-electron chi connectivity index (χ2n) is 5.34. The van der Waals surface area contributed by atoms with E-state index in [-0.39, 0.29) is 6.54 Å². The number of pyridine rings is 2. The van der Waals surface area contributed by atoms with Crippen molar-refractivity contribution in [1.82, 2.24) is 9.55 Å². The maximum Gasteiger partial charge on any atom is 0.343 e. The molecule has 0 fully saturated rings. The van der Waals surface area contributed by atoms with Crippen LogP contribution in [0.2, 0.25) is 0 Å². The quantitative estimate of drug-likeness (QED) is 0.458. The van der Waals surface area contributed by atoms with Gasteiger partial charge in [0.25, 0.3) is 11.2 Å². The van der Waals surface area contributed by atoms with Gasteiger partial charge in [0.05, 0.1) is 37.6 Å². The molecule has 25 heavy (non-hydrogen) atoms. The summed E-state index contributed by atoms with van der Waals surface area (Å²) < 4.78 is 10.9. The first-order chi connectivity index (χ1) is 11.8. The Bertz CT molecular complexity index is 903. The van der Waals surface area contributed by atoms with Crippen molar-refractivity contribution in [2.24, 2.45) is 0 Å². The predicted molar refractivity (Wildman–Crippen MR) is 88.1 cm³/mol. The van der Waals surface area contributed by atoms with Crippen molar-refractivity contribution in [3.63, 3.8) is 0 Å². The van der Waals surface area contributed by atoms with Crippen LogP contribution in [0, 0.1) is 24.0 Å². The van der Waals surface area contributed by atoms with Gasteiger partial charge in [-0.15, -0.1) is 0 Å². The van der Waals surface area contributed by atoms with Crippen LogP contribution in [0.5, 0.6) is 5.75 Å². The molecule has 0 saturated heterocycles. The summed E-state index contributed by atoms with van der Waals surface area (Å²) in [6, 6.07) is 0.903. The Kier molecular flexibility index (Phi) is 5.16. The van der Waals surface area contributed by atoms with E-state index in [2.05, 4.69) is 9.72 Å². The van der Waals surface area contributed by atoms with Gasteiger partial charge in [0.2, 0.25) is 0 Å². The monoisotopic (exact) mass is 347 g/mol. The van der Waals surface area contributed by atoms with Crippen molar-refractivity contribution in [3.8, 4) is 5.75 Å². The van der Waals surface area contributed by atoms with Gasteiger partial charge < -0.3 is 14.0 Å². The second kappa shape index (κ2) is 7.12. The number of ether oxygens (including phenoxy) is 2. The van der Waals surface area contributed by atoms with Crippen LogP contribution < -0.4 is 10.3 Å². The van der Waals surface area contributed by atoms with Crippen molar-refractivity contribution in [2.45, 2.75) is 20.4 Å². The molecular weight excluding hydrogens is 330 g/mol. The van der Waals surface area contributed by atoms with E-state index in [9.17, 15) is 19.7 Å². The van der Waals surface area contributed by atoms with Gasteiger partial charge in [-0.05, 0) is 13.8 Å². The van der Waals surface area contributed by atoms with Crippen molar-refractivity contribution >= 4 is 11.7 Å². The van der Waals surface area contributed by atoms with Crippen LogP contribution in [0.15, 0.2) is 23.3 Å². The first-order valence-corrected chi connectivity index (χ1v) is 7.26. The fourth-order valence-corrected chi connectivity index (χ4v) is 2.49. The number of carbonyl (C=O) groups is 1. The molecule has 2 aromatic rings. The summed E-state index contributed by atoms with van der Waals surface area (Å²) in [5.41, 5.74) is 0.537. The fraction of sp³-hybridized carbons (Fsp3) is 0.312. The third kappa shape index (κ3) is 3.49. The van der Waals surface area contributed by atoms with Gasteiger partial charge in [-0.2, -0.15) is 0 Å². The van der Waals surface area contributed by atoms with E-state index < -0.39 is 27.7 Å². The molecule has 0 bridgehead atoms. The van der Waals surface area contributed by atoms with Gasteiger partial charge in [-0.3, -0.25) is 19.9 Å². The van der Waals surface area contributed by atoms with E-state index in [1.54, 1.807) is 13.1 Å². The lowest BCUT2D eigenvalue weighted by Gasteiger charge is -2.13. The van der Waals surface area contributed by atoms with Crippen LogP contribution >= 0.6 is 0 Å². The summed E-state index contributed by atoms with van der Waals surface area (Å²) in [4.78, 5) is 38.9. The molecule has 0 aliphatic rings. The zero-order valence-corrected chi connectivity index (χ0v) is 14.2. The highest BCUT2D eigenvalue weighted by molar-refractivity contribution is 5.89. The number of hydrogen-bond donors (Lipinski definition) is 0. The summed E-state index contributed by atoms with van der Waals surface area (Å²) in [5.74, 6) is -0.315. The number of hydrogen-bond acceptors (Lipinski definition) is 7. The van der Waals surface area contributed by atoms with E-state index in [1.165, 1.54) is 7.11 Å². The average molecular weight is 347 g/mol. The largest absolute Gasteiger partial charge is 0.496 e. The Hall–Kier alpha value is -3.23. The smallest absolute Gasteiger partial charge is 0.343 e. The SMILES string of the molecule is COC(=O)c1cc([N+](=O)[O-])cn(Cc2ncc(C)c(OC)c2C)c1=O. The number of rotatable bonds is 5. The number of carbonyl (C=O) groups excluding carboxylic acids is 1. The molecule has 2 rings (SSSR count). The van der Waals surface area contributed by atoms with Crippen molar-refractivity contribution in [3.05, 3.63) is 61.3 Å². The van der Waals surface area contributed by atoms with Crippen LogP contribution in [-0.4, -0.2) is 34.7 Å². The first kappa shape index (κ1) is 18.1. The molecule has 2 heterocycles. The van der Waals surface area contributed by atoms with E-state index >= 15 is 0 Å². The molecule has 132 valence electrons. The topological polar surface area (TPSA) is 114 Å². The number of esters is 1. The van der Waals surface area contributed by atoms with Crippen LogP contribution in [0.3, 0.4) is 0 Å². The zero-order chi connectivity index (χ0) is 18.7. The standard InChI is InChI=1S/C16H17N3O6/c1-9-6-17-13(10(2)14(9)24-3)8-18-7-11(19(22)23)5-12(15(18)20)16(21)25-4/h5-7H,8H2,1-4H3. The third-order valence-corrected chi connectivity index (χ3v) is 3.76. The van der Waals surface area contributed by atoms with E-state index in [4.69, 9.17) is 4.74 Å². The fourth-order valence-electron chi connectivity index (χ4n) is 2.49. The lowest BCUT2D eigenvalue weighted by atomic mass is 10.1. The summed E-state index contributed by atoms with van der Waals surface area (Å²) >= 11 is 0. The Morgan fingerprint density at radius 2 is 2.04 bits per heavy atom. The molecule has 0 amide bonds. The summed E-state index contributed by atoms with van der Waals surface area (Å²) in [6.45, 7) is 3.56. The van der Waals surface area contributed by atoms with Crippen LogP contribution in [-0.2, 0) is 11.3 Å². The average Bonchev–Trinajstić information content (AvgIpc) is 2.58. The minimum atomic E-state index is -0.936. The Balaban J connectivity index is 2.60. The second-order valence-corrected chi connectivity index (χ2v) is 5.34. The third-order valence-electron chi connectivity index (χ3n) is 3.76. The minimum Gasteiger partial charge on any atom is -0.496 e. The predicted octanol–water partition coefficient (Wildman–Crippen LogP) is 1.61. The van der Waals surface area contributed by atoms with Gasteiger partial charge >= 0.3 is 5.97 Å². The van der Waals surface area contributed by atoms with E-state index in [0.717, 1.165) is 29.5 Å². The summed E-state index contributed by atoms with van der Waals surface area (Å²) in [5, 5.41) is 11.1. The molecule has 0 aliphatic carbocycles. The molecule has 9 nitrogen and oxygen atoms in total.